The molecule has 1 aliphatic rings. The van der Waals surface area contributed by atoms with Crippen LogP contribution in [0.1, 0.15) is 20.7 Å². The normalized spacial score (nSPS) is 19.7. The Morgan fingerprint density at radius 3 is 2.42 bits per heavy atom. The van der Waals surface area contributed by atoms with Gasteiger partial charge in [0.15, 0.2) is 0 Å². The molecule has 3 rings (SSSR count). The van der Waals surface area contributed by atoms with Gasteiger partial charge in [0.2, 0.25) is 0 Å². The van der Waals surface area contributed by atoms with Gasteiger partial charge in [0.1, 0.15) is 6.10 Å². The molecule has 24 heavy (non-hydrogen) atoms. The van der Waals surface area contributed by atoms with E-state index >= 15 is 0 Å². The van der Waals surface area contributed by atoms with E-state index in [1.54, 1.807) is 48.2 Å². The van der Waals surface area contributed by atoms with E-state index in [2.05, 4.69) is 21.2 Å². The van der Waals surface area contributed by atoms with Gasteiger partial charge in [0, 0.05) is 21.5 Å². The number of carbonyl (C=O) groups excluding carboxylic acids is 2. The third kappa shape index (κ3) is 4.19. The molecule has 0 saturated carbocycles. The van der Waals surface area contributed by atoms with Crippen molar-refractivity contribution in [1.82, 2.24) is 5.32 Å². The molecule has 2 atom stereocenters. The van der Waals surface area contributed by atoms with Crippen molar-refractivity contribution in [2.75, 3.05) is 11.5 Å². The number of thioether (sulfide) groups is 1. The smallest absolute Gasteiger partial charge is 0.338 e. The van der Waals surface area contributed by atoms with Gasteiger partial charge >= 0.3 is 5.97 Å². The molecular formula is C18H16BrNO3S. The van der Waals surface area contributed by atoms with Crippen LogP contribution in [0.4, 0.5) is 0 Å². The van der Waals surface area contributed by atoms with Crippen molar-refractivity contribution in [2.45, 2.75) is 12.1 Å². The summed E-state index contributed by atoms with van der Waals surface area (Å²) in [4.78, 5) is 24.5. The van der Waals surface area contributed by atoms with Crippen molar-refractivity contribution < 1.29 is 14.3 Å². The van der Waals surface area contributed by atoms with Crippen LogP contribution < -0.4 is 5.32 Å². The summed E-state index contributed by atoms with van der Waals surface area (Å²) in [5.41, 5.74) is 1.11. The Morgan fingerprint density at radius 1 is 1.00 bits per heavy atom. The fourth-order valence-corrected chi connectivity index (χ4v) is 3.90. The van der Waals surface area contributed by atoms with E-state index in [0.29, 0.717) is 16.9 Å². The first kappa shape index (κ1) is 17.0. The van der Waals surface area contributed by atoms with Crippen LogP contribution in [-0.2, 0) is 4.74 Å². The zero-order valence-electron chi connectivity index (χ0n) is 12.8. The molecular weight excluding hydrogens is 390 g/mol. The zero-order valence-corrected chi connectivity index (χ0v) is 15.2. The largest absolute Gasteiger partial charge is 0.456 e. The van der Waals surface area contributed by atoms with Gasteiger partial charge in [-0.1, -0.05) is 34.1 Å². The van der Waals surface area contributed by atoms with E-state index < -0.39 is 0 Å². The van der Waals surface area contributed by atoms with Crippen molar-refractivity contribution in [3.63, 3.8) is 0 Å². The summed E-state index contributed by atoms with van der Waals surface area (Å²) in [7, 11) is 0. The average molecular weight is 406 g/mol. The Kier molecular flexibility index (Phi) is 5.58. The van der Waals surface area contributed by atoms with E-state index in [-0.39, 0.29) is 24.0 Å². The van der Waals surface area contributed by atoms with Gasteiger partial charge in [0.05, 0.1) is 11.6 Å². The van der Waals surface area contributed by atoms with Crippen LogP contribution in [0, 0.1) is 0 Å². The third-order valence-corrected chi connectivity index (χ3v) is 5.41. The molecule has 1 saturated heterocycles. The number of esters is 1. The fraction of sp³-hybridized carbons (Fsp3) is 0.222. The lowest BCUT2D eigenvalue weighted by Crippen LogP contribution is -2.44. The molecule has 1 heterocycles. The molecule has 0 unspecified atom stereocenters. The molecule has 4 nitrogen and oxygen atoms in total. The lowest BCUT2D eigenvalue weighted by atomic mass is 10.1. The monoisotopic (exact) mass is 405 g/mol. The number of rotatable bonds is 4. The number of amides is 1. The lowest BCUT2D eigenvalue weighted by molar-refractivity contribution is 0.0293. The number of halogens is 1. The molecule has 0 radical (unpaired) electrons. The minimum atomic E-state index is -0.367. The van der Waals surface area contributed by atoms with Crippen LogP contribution in [0.25, 0.3) is 0 Å². The molecule has 0 aromatic heterocycles. The van der Waals surface area contributed by atoms with Crippen molar-refractivity contribution in [2.24, 2.45) is 0 Å². The van der Waals surface area contributed by atoms with Crippen molar-refractivity contribution in [1.29, 1.82) is 0 Å². The molecule has 2 aromatic carbocycles. The van der Waals surface area contributed by atoms with Gasteiger partial charge in [-0.25, -0.2) is 4.79 Å². The predicted octanol–water partition coefficient (Wildman–Crippen LogP) is 3.52. The predicted molar refractivity (Wildman–Crippen MR) is 98.4 cm³/mol. The number of hydrogen-bond donors (Lipinski definition) is 1. The standard InChI is InChI=1S/C18H16BrNO3S/c19-14-8-6-13(7-9-14)18(22)23-16-11-24-10-15(16)20-17(21)12-4-2-1-3-5-12/h1-9,15-16H,10-11H2,(H,20,21)/t15-,16+/m0/s1. The molecule has 124 valence electrons. The lowest BCUT2D eigenvalue weighted by Gasteiger charge is -2.20. The first-order valence-electron chi connectivity index (χ1n) is 7.53. The Labute approximate surface area is 153 Å². The molecule has 0 spiro atoms. The number of benzene rings is 2. The van der Waals surface area contributed by atoms with Gasteiger partial charge in [-0.2, -0.15) is 11.8 Å². The molecule has 1 amide bonds. The highest BCUT2D eigenvalue weighted by Crippen LogP contribution is 2.23. The fourth-order valence-electron chi connectivity index (χ4n) is 2.42. The topological polar surface area (TPSA) is 55.4 Å². The Bertz CT molecular complexity index is 721. The van der Waals surface area contributed by atoms with Gasteiger partial charge in [-0.15, -0.1) is 0 Å². The molecule has 1 fully saturated rings. The van der Waals surface area contributed by atoms with Crippen molar-refractivity contribution in [3.05, 3.63) is 70.2 Å². The van der Waals surface area contributed by atoms with E-state index in [9.17, 15) is 9.59 Å². The van der Waals surface area contributed by atoms with Crippen LogP contribution in [0.5, 0.6) is 0 Å². The minimum absolute atomic E-state index is 0.146. The maximum atomic E-state index is 12.3. The second kappa shape index (κ2) is 7.85. The van der Waals surface area contributed by atoms with Gasteiger partial charge in [-0.05, 0) is 36.4 Å². The Morgan fingerprint density at radius 2 is 1.71 bits per heavy atom. The minimum Gasteiger partial charge on any atom is -0.456 e. The second-order valence-corrected chi connectivity index (χ2v) is 7.42. The molecule has 6 heteroatoms. The zero-order chi connectivity index (χ0) is 16.9. The average Bonchev–Trinajstić information content (AvgIpc) is 3.03. The second-order valence-electron chi connectivity index (χ2n) is 5.43. The first-order chi connectivity index (χ1) is 11.6. The third-order valence-electron chi connectivity index (χ3n) is 3.72. The van der Waals surface area contributed by atoms with Gasteiger partial charge in [-0.3, -0.25) is 4.79 Å². The highest BCUT2D eigenvalue weighted by Gasteiger charge is 2.32. The SMILES string of the molecule is O=C(N[C@H]1CSC[C@H]1OC(=O)c1ccc(Br)cc1)c1ccccc1. The quantitative estimate of drug-likeness (QED) is 0.790. The van der Waals surface area contributed by atoms with Crippen LogP contribution in [0.15, 0.2) is 59.1 Å². The summed E-state index contributed by atoms with van der Waals surface area (Å²) >= 11 is 5.01. The van der Waals surface area contributed by atoms with Gasteiger partial charge < -0.3 is 10.1 Å². The summed E-state index contributed by atoms with van der Waals surface area (Å²) < 4.78 is 6.50. The van der Waals surface area contributed by atoms with E-state index in [4.69, 9.17) is 4.74 Å². The highest BCUT2D eigenvalue weighted by molar-refractivity contribution is 9.10. The van der Waals surface area contributed by atoms with Crippen molar-refractivity contribution >= 4 is 39.6 Å². The van der Waals surface area contributed by atoms with Crippen LogP contribution in [-0.4, -0.2) is 35.5 Å². The van der Waals surface area contributed by atoms with Crippen LogP contribution in [0.2, 0.25) is 0 Å². The van der Waals surface area contributed by atoms with E-state index in [1.165, 1.54) is 0 Å². The maximum Gasteiger partial charge on any atom is 0.338 e. The number of ether oxygens (including phenoxy) is 1. The highest BCUT2D eigenvalue weighted by atomic mass is 79.9. The molecule has 1 aliphatic heterocycles. The summed E-state index contributed by atoms with van der Waals surface area (Å²) in [5.74, 6) is 0.903. The molecule has 1 N–H and O–H groups in total. The number of nitrogens with one attached hydrogen (secondary N) is 1. The number of hydrogen-bond acceptors (Lipinski definition) is 4. The Balaban J connectivity index is 1.62. The summed E-state index contributed by atoms with van der Waals surface area (Å²) in [5, 5.41) is 2.97. The van der Waals surface area contributed by atoms with Crippen molar-refractivity contribution in [3.8, 4) is 0 Å². The Hall–Kier alpha value is -1.79. The molecule has 0 aliphatic carbocycles. The van der Waals surface area contributed by atoms with E-state index in [1.807, 2.05) is 18.2 Å². The molecule has 2 aromatic rings. The summed E-state index contributed by atoms with van der Waals surface area (Å²) in [6.07, 6.45) is -0.321. The number of carbonyl (C=O) groups is 2. The van der Waals surface area contributed by atoms with Crippen LogP contribution >= 0.6 is 27.7 Å². The first-order valence-corrected chi connectivity index (χ1v) is 9.48. The molecule has 0 bridgehead atoms. The van der Waals surface area contributed by atoms with E-state index in [0.717, 1.165) is 10.2 Å². The maximum absolute atomic E-state index is 12.3. The van der Waals surface area contributed by atoms with Gasteiger partial charge in [0.25, 0.3) is 5.91 Å². The van der Waals surface area contributed by atoms with Crippen LogP contribution in [0.3, 0.4) is 0 Å². The summed E-state index contributed by atoms with van der Waals surface area (Å²) in [6, 6.07) is 15.9. The summed E-state index contributed by atoms with van der Waals surface area (Å²) in [6.45, 7) is 0.